The molecule has 4 atom stereocenters. The van der Waals surface area contributed by atoms with E-state index in [1.54, 1.807) is 0 Å². The van der Waals surface area contributed by atoms with Crippen LogP contribution in [0.15, 0.2) is 127 Å². The van der Waals surface area contributed by atoms with Crippen LogP contribution in [0.2, 0.25) is 0 Å². The first-order valence-corrected chi connectivity index (χ1v) is 13.3. The number of hydrogen-bond donors (Lipinski definition) is 1. The predicted molar refractivity (Wildman–Crippen MR) is 153 cm³/mol. The molecule has 2 nitrogen and oxygen atoms in total. The van der Waals surface area contributed by atoms with Crippen molar-refractivity contribution in [3.8, 4) is 0 Å². The van der Waals surface area contributed by atoms with Gasteiger partial charge in [0.2, 0.25) is 0 Å². The minimum Gasteiger partial charge on any atom is -0.267 e. The van der Waals surface area contributed by atoms with Gasteiger partial charge in [-0.15, -0.1) is 0 Å². The highest BCUT2D eigenvalue weighted by molar-refractivity contribution is 5.75. The van der Waals surface area contributed by atoms with Crippen molar-refractivity contribution in [2.24, 2.45) is 23.1 Å². The van der Waals surface area contributed by atoms with E-state index in [1.165, 1.54) is 28.7 Å². The first-order valence-electron chi connectivity index (χ1n) is 13.3. The van der Waals surface area contributed by atoms with E-state index in [9.17, 15) is 0 Å². The van der Waals surface area contributed by atoms with E-state index in [1.807, 2.05) is 5.01 Å². The van der Waals surface area contributed by atoms with Crippen molar-refractivity contribution < 1.29 is 0 Å². The smallest absolute Gasteiger partial charge is 0.0792 e. The highest BCUT2D eigenvalue weighted by Gasteiger charge is 2.52. The molecule has 2 aromatic carbocycles. The monoisotopic (exact) mass is 474 g/mol. The van der Waals surface area contributed by atoms with Crippen molar-refractivity contribution in [2.45, 2.75) is 38.6 Å². The molecular weight excluding hydrogens is 436 g/mol. The van der Waals surface area contributed by atoms with E-state index in [0.29, 0.717) is 18.4 Å². The molecule has 0 heterocycles. The number of hydrazine groups is 1. The lowest BCUT2D eigenvalue weighted by Crippen LogP contribution is -2.50. The molecule has 2 heteroatoms. The summed E-state index contributed by atoms with van der Waals surface area (Å²) in [6.45, 7) is 5.10. The maximum Gasteiger partial charge on any atom is 0.0792 e. The van der Waals surface area contributed by atoms with Crippen molar-refractivity contribution >= 4 is 5.57 Å². The van der Waals surface area contributed by atoms with Crippen molar-refractivity contribution in [1.29, 1.82) is 0 Å². The molecule has 5 rings (SSSR count). The Kier molecular flexibility index (Phi) is 7.09. The summed E-state index contributed by atoms with van der Waals surface area (Å²) in [6.07, 6.45) is 26.2. The fourth-order valence-electron chi connectivity index (χ4n) is 6.03. The Morgan fingerprint density at radius 1 is 1.00 bits per heavy atom. The molecule has 3 aliphatic carbocycles. The van der Waals surface area contributed by atoms with Gasteiger partial charge in [-0.2, -0.15) is 0 Å². The van der Waals surface area contributed by atoms with Crippen molar-refractivity contribution in [2.75, 3.05) is 6.54 Å². The van der Waals surface area contributed by atoms with Gasteiger partial charge in [0.1, 0.15) is 0 Å². The van der Waals surface area contributed by atoms with Crippen molar-refractivity contribution in [3.63, 3.8) is 0 Å². The second kappa shape index (κ2) is 10.4. The maximum atomic E-state index is 7.00. The van der Waals surface area contributed by atoms with Gasteiger partial charge in [0.25, 0.3) is 0 Å². The molecule has 0 aliphatic heterocycles. The number of allylic oxidation sites excluding steroid dienone is 10. The number of nitrogens with two attached hydrogens (primary N) is 1. The molecule has 1 saturated carbocycles. The standard InChI is InChI=1S/C34H38N2/c1-3-27-24-29(28-14-7-5-8-15-28)20-22-34(25-27,31-16-9-6-10-17-31)36(35)23-13-19-30(4-2)33-21-12-11-18-32(33)26-33/h4-22,24,27,32H,3,23,25-26,35H2,1-2H3/b19-13-,30-4+. The third-order valence-electron chi connectivity index (χ3n) is 8.30. The molecule has 1 fully saturated rings. The molecular formula is C34H38N2. The number of benzene rings is 2. The third-order valence-corrected chi connectivity index (χ3v) is 8.30. The topological polar surface area (TPSA) is 29.3 Å². The quantitative estimate of drug-likeness (QED) is 0.241. The summed E-state index contributed by atoms with van der Waals surface area (Å²) in [5, 5.41) is 2.05. The summed E-state index contributed by atoms with van der Waals surface area (Å²) in [4.78, 5) is 0. The Labute approximate surface area is 216 Å². The highest BCUT2D eigenvalue weighted by Crippen LogP contribution is 2.61. The molecule has 0 amide bonds. The van der Waals surface area contributed by atoms with Gasteiger partial charge in [-0.3, -0.25) is 5.84 Å². The number of rotatable bonds is 8. The predicted octanol–water partition coefficient (Wildman–Crippen LogP) is 7.76. The molecule has 0 spiro atoms. The average molecular weight is 475 g/mol. The number of nitrogens with zero attached hydrogens (tertiary/aromatic N) is 1. The van der Waals surface area contributed by atoms with Crippen LogP contribution in [-0.4, -0.2) is 11.6 Å². The molecule has 0 saturated heterocycles. The average Bonchev–Trinajstić information content (AvgIpc) is 3.71. The van der Waals surface area contributed by atoms with Crippen molar-refractivity contribution in [3.05, 3.63) is 138 Å². The van der Waals surface area contributed by atoms with Crippen LogP contribution in [0.4, 0.5) is 0 Å². The Morgan fingerprint density at radius 3 is 2.44 bits per heavy atom. The normalized spacial score (nSPS) is 29.3. The summed E-state index contributed by atoms with van der Waals surface area (Å²) in [6, 6.07) is 21.5. The first-order chi connectivity index (χ1) is 17.6. The van der Waals surface area contributed by atoms with Crippen LogP contribution < -0.4 is 5.84 Å². The van der Waals surface area contributed by atoms with Crippen LogP contribution >= 0.6 is 0 Å². The number of hydrogen-bond acceptors (Lipinski definition) is 2. The van der Waals surface area contributed by atoms with Crippen LogP contribution in [0.3, 0.4) is 0 Å². The Bertz CT molecular complexity index is 1230. The first kappa shape index (κ1) is 24.5. The summed E-state index contributed by atoms with van der Waals surface area (Å²) in [5.41, 5.74) is 4.97. The van der Waals surface area contributed by atoms with E-state index in [-0.39, 0.29) is 11.0 Å². The van der Waals surface area contributed by atoms with Gasteiger partial charge < -0.3 is 0 Å². The van der Waals surface area contributed by atoms with Gasteiger partial charge in [-0.25, -0.2) is 5.01 Å². The molecule has 2 aromatic rings. The van der Waals surface area contributed by atoms with E-state index in [4.69, 9.17) is 5.84 Å². The van der Waals surface area contributed by atoms with E-state index < -0.39 is 0 Å². The third kappa shape index (κ3) is 4.64. The largest absolute Gasteiger partial charge is 0.267 e. The summed E-state index contributed by atoms with van der Waals surface area (Å²) in [7, 11) is 0. The lowest BCUT2D eigenvalue weighted by Gasteiger charge is -2.40. The van der Waals surface area contributed by atoms with Gasteiger partial charge >= 0.3 is 0 Å². The fraction of sp³-hybridized carbons (Fsp3) is 0.294. The highest BCUT2D eigenvalue weighted by atomic mass is 15.4. The second-order valence-corrected chi connectivity index (χ2v) is 10.4. The summed E-state index contributed by atoms with van der Waals surface area (Å²) < 4.78 is 0. The van der Waals surface area contributed by atoms with Crippen LogP contribution in [0.5, 0.6) is 0 Å². The van der Waals surface area contributed by atoms with E-state index in [2.05, 4.69) is 135 Å². The lowest BCUT2D eigenvalue weighted by atomic mass is 9.80. The Balaban J connectivity index is 1.44. The van der Waals surface area contributed by atoms with E-state index in [0.717, 1.165) is 12.8 Å². The van der Waals surface area contributed by atoms with Gasteiger partial charge in [-0.1, -0.05) is 128 Å². The molecule has 36 heavy (non-hydrogen) atoms. The summed E-state index contributed by atoms with van der Waals surface area (Å²) in [5.74, 6) is 8.06. The SMILES string of the molecule is C/C=C(\C=C/CN(N)C1(c2ccccc2)C=CC(c2ccccc2)=CC(CC)C1)C12C=CC=CC1C2. The summed E-state index contributed by atoms with van der Waals surface area (Å²) >= 11 is 0. The van der Waals surface area contributed by atoms with Gasteiger partial charge in [0.15, 0.2) is 0 Å². The van der Waals surface area contributed by atoms with E-state index >= 15 is 0 Å². The Hall–Kier alpha value is -3.20. The van der Waals surface area contributed by atoms with Crippen LogP contribution in [-0.2, 0) is 5.54 Å². The molecule has 0 aromatic heterocycles. The molecule has 4 unspecified atom stereocenters. The minimum absolute atomic E-state index is 0.195. The zero-order valence-corrected chi connectivity index (χ0v) is 21.6. The van der Waals surface area contributed by atoms with Crippen LogP contribution in [0, 0.1) is 17.3 Å². The van der Waals surface area contributed by atoms with Crippen molar-refractivity contribution in [1.82, 2.24) is 5.01 Å². The number of fused-ring (bicyclic) bond motifs is 1. The second-order valence-electron chi connectivity index (χ2n) is 10.4. The molecule has 0 bridgehead atoms. The maximum absolute atomic E-state index is 7.00. The van der Waals surface area contributed by atoms with Gasteiger partial charge in [0, 0.05) is 12.0 Å². The van der Waals surface area contributed by atoms with Gasteiger partial charge in [0.05, 0.1) is 5.54 Å². The molecule has 0 radical (unpaired) electrons. The molecule has 3 aliphatic rings. The zero-order chi connectivity index (χ0) is 25.0. The molecule has 2 N–H and O–H groups in total. The van der Waals surface area contributed by atoms with Gasteiger partial charge in [-0.05, 0) is 60.3 Å². The molecule has 184 valence electrons. The van der Waals surface area contributed by atoms with Crippen LogP contribution in [0.1, 0.15) is 44.2 Å². The van der Waals surface area contributed by atoms with Crippen LogP contribution in [0.25, 0.3) is 5.57 Å². The fourth-order valence-corrected chi connectivity index (χ4v) is 6.03. The minimum atomic E-state index is -0.386. The lowest BCUT2D eigenvalue weighted by molar-refractivity contribution is 0.124. The Morgan fingerprint density at radius 2 is 1.75 bits per heavy atom. The zero-order valence-electron chi connectivity index (χ0n) is 21.6.